The number of benzene rings is 1. The van der Waals surface area contributed by atoms with Gasteiger partial charge in [0.2, 0.25) is 0 Å². The first kappa shape index (κ1) is 10.0. The van der Waals surface area contributed by atoms with Crippen molar-refractivity contribution in [3.05, 3.63) is 29.6 Å². The number of hydrogen-bond acceptors (Lipinski definition) is 1. The van der Waals surface area contributed by atoms with Gasteiger partial charge in [0.25, 0.3) is 0 Å². The molecule has 0 heterocycles. The highest BCUT2D eigenvalue weighted by molar-refractivity contribution is 5.47. The lowest BCUT2D eigenvalue weighted by Gasteiger charge is -2.13. The van der Waals surface area contributed by atoms with E-state index < -0.39 is 0 Å². The van der Waals surface area contributed by atoms with E-state index in [1.165, 1.54) is 6.07 Å². The first-order chi connectivity index (χ1) is 6.13. The highest BCUT2D eigenvalue weighted by Crippen LogP contribution is 2.16. The molecule has 0 saturated carbocycles. The van der Waals surface area contributed by atoms with Gasteiger partial charge in [-0.1, -0.05) is 13.0 Å². The third-order valence-electron chi connectivity index (χ3n) is 2.14. The minimum absolute atomic E-state index is 0.175. The lowest BCUT2D eigenvalue weighted by Crippen LogP contribution is -2.14. The second-order valence-corrected chi connectivity index (χ2v) is 3.44. The van der Waals surface area contributed by atoms with Gasteiger partial charge in [0.15, 0.2) is 0 Å². The van der Waals surface area contributed by atoms with E-state index in [1.807, 2.05) is 19.9 Å². The van der Waals surface area contributed by atoms with Gasteiger partial charge < -0.3 is 5.32 Å². The highest BCUT2D eigenvalue weighted by Gasteiger charge is 2.04. The Hall–Kier alpha value is -1.05. The van der Waals surface area contributed by atoms with Crippen LogP contribution in [0.3, 0.4) is 0 Å². The molecular weight excluding hydrogens is 165 g/mol. The Morgan fingerprint density at radius 3 is 2.77 bits per heavy atom. The van der Waals surface area contributed by atoms with Crippen molar-refractivity contribution in [3.63, 3.8) is 0 Å². The van der Waals surface area contributed by atoms with Crippen LogP contribution in [-0.4, -0.2) is 6.04 Å². The Morgan fingerprint density at radius 2 is 2.15 bits per heavy atom. The molecule has 0 amide bonds. The summed E-state index contributed by atoms with van der Waals surface area (Å²) in [6.07, 6.45) is 0.993. The van der Waals surface area contributed by atoms with Crippen LogP contribution in [-0.2, 0) is 0 Å². The van der Waals surface area contributed by atoms with Gasteiger partial charge in [-0.05, 0) is 38.0 Å². The van der Waals surface area contributed by atoms with Crippen molar-refractivity contribution in [2.45, 2.75) is 33.2 Å². The lowest BCUT2D eigenvalue weighted by atomic mass is 10.2. The largest absolute Gasteiger partial charge is 0.380 e. The summed E-state index contributed by atoms with van der Waals surface area (Å²) in [5.41, 5.74) is 1.68. The molecule has 1 rings (SSSR count). The van der Waals surface area contributed by atoms with Crippen molar-refractivity contribution in [1.82, 2.24) is 0 Å². The zero-order chi connectivity index (χ0) is 9.84. The predicted octanol–water partition coefficient (Wildman–Crippen LogP) is 3.34. The van der Waals surface area contributed by atoms with Crippen LogP contribution >= 0.6 is 0 Å². The van der Waals surface area contributed by atoms with Gasteiger partial charge in [-0.25, -0.2) is 4.39 Å². The molecule has 2 heteroatoms. The molecule has 1 nitrogen and oxygen atoms in total. The van der Waals surface area contributed by atoms with E-state index in [2.05, 4.69) is 12.2 Å². The molecular formula is C11H16FN. The van der Waals surface area contributed by atoms with Crippen LogP contribution < -0.4 is 5.32 Å². The molecule has 1 aromatic carbocycles. The summed E-state index contributed by atoms with van der Waals surface area (Å²) in [7, 11) is 0. The standard InChI is InChI=1S/C11H16FN/c1-4-9(3)13-11-7-8(2)5-6-10(11)12/h5-7,9,13H,4H2,1-3H3/t9-/m0/s1. The minimum atomic E-state index is -0.175. The van der Waals surface area contributed by atoms with Gasteiger partial charge >= 0.3 is 0 Å². The molecule has 0 aliphatic heterocycles. The van der Waals surface area contributed by atoms with Gasteiger partial charge in [-0.2, -0.15) is 0 Å². The number of anilines is 1. The maximum absolute atomic E-state index is 13.2. The quantitative estimate of drug-likeness (QED) is 0.754. The molecule has 0 aliphatic carbocycles. The summed E-state index contributed by atoms with van der Waals surface area (Å²) in [5.74, 6) is -0.175. The fourth-order valence-corrected chi connectivity index (χ4v) is 1.12. The van der Waals surface area contributed by atoms with Crippen LogP contribution in [0.1, 0.15) is 25.8 Å². The number of nitrogens with one attached hydrogen (secondary N) is 1. The smallest absolute Gasteiger partial charge is 0.146 e. The molecule has 13 heavy (non-hydrogen) atoms. The number of hydrogen-bond donors (Lipinski definition) is 1. The minimum Gasteiger partial charge on any atom is -0.380 e. The van der Waals surface area contributed by atoms with E-state index >= 15 is 0 Å². The molecule has 0 fully saturated rings. The Kier molecular flexibility index (Phi) is 3.29. The molecule has 0 spiro atoms. The van der Waals surface area contributed by atoms with E-state index in [1.54, 1.807) is 6.07 Å². The fraction of sp³-hybridized carbons (Fsp3) is 0.455. The van der Waals surface area contributed by atoms with Crippen molar-refractivity contribution >= 4 is 5.69 Å². The zero-order valence-electron chi connectivity index (χ0n) is 8.39. The monoisotopic (exact) mass is 181 g/mol. The fourth-order valence-electron chi connectivity index (χ4n) is 1.12. The third kappa shape index (κ3) is 2.72. The SMILES string of the molecule is CC[C@H](C)Nc1cc(C)ccc1F. The average Bonchev–Trinajstić information content (AvgIpc) is 2.11. The van der Waals surface area contributed by atoms with E-state index in [9.17, 15) is 4.39 Å². The van der Waals surface area contributed by atoms with Crippen LogP contribution in [0.2, 0.25) is 0 Å². The maximum atomic E-state index is 13.2. The molecule has 0 aromatic heterocycles. The van der Waals surface area contributed by atoms with Gasteiger partial charge in [0.05, 0.1) is 5.69 Å². The highest BCUT2D eigenvalue weighted by atomic mass is 19.1. The van der Waals surface area contributed by atoms with Gasteiger partial charge in [-0.15, -0.1) is 0 Å². The van der Waals surface area contributed by atoms with Crippen LogP contribution in [0.4, 0.5) is 10.1 Å². The van der Waals surface area contributed by atoms with Crippen molar-refractivity contribution in [3.8, 4) is 0 Å². The second-order valence-electron chi connectivity index (χ2n) is 3.44. The molecule has 1 N–H and O–H groups in total. The van der Waals surface area contributed by atoms with Crippen molar-refractivity contribution < 1.29 is 4.39 Å². The second kappa shape index (κ2) is 4.26. The van der Waals surface area contributed by atoms with Crippen molar-refractivity contribution in [2.75, 3.05) is 5.32 Å². The summed E-state index contributed by atoms with van der Waals surface area (Å²) >= 11 is 0. The average molecular weight is 181 g/mol. The van der Waals surface area contributed by atoms with E-state index in [0.717, 1.165) is 12.0 Å². The van der Waals surface area contributed by atoms with Gasteiger partial charge in [0.1, 0.15) is 5.82 Å². The molecule has 72 valence electrons. The Labute approximate surface area is 79.0 Å². The van der Waals surface area contributed by atoms with Gasteiger partial charge in [0, 0.05) is 6.04 Å². The lowest BCUT2D eigenvalue weighted by molar-refractivity contribution is 0.624. The first-order valence-electron chi connectivity index (χ1n) is 4.66. The molecule has 1 aromatic rings. The summed E-state index contributed by atoms with van der Waals surface area (Å²) < 4.78 is 13.2. The molecule has 0 radical (unpaired) electrons. The Bertz CT molecular complexity index is 283. The Morgan fingerprint density at radius 1 is 1.46 bits per heavy atom. The molecule has 1 atom stereocenters. The van der Waals surface area contributed by atoms with Gasteiger partial charge in [-0.3, -0.25) is 0 Å². The number of aryl methyl sites for hydroxylation is 1. The van der Waals surface area contributed by atoms with Crippen LogP contribution in [0.25, 0.3) is 0 Å². The number of halogens is 1. The summed E-state index contributed by atoms with van der Waals surface area (Å²) in [6, 6.07) is 5.43. The first-order valence-corrected chi connectivity index (χ1v) is 4.66. The van der Waals surface area contributed by atoms with E-state index in [4.69, 9.17) is 0 Å². The van der Waals surface area contributed by atoms with Crippen LogP contribution in [0.5, 0.6) is 0 Å². The zero-order valence-corrected chi connectivity index (χ0v) is 8.39. The molecule has 0 bridgehead atoms. The van der Waals surface area contributed by atoms with Crippen LogP contribution in [0.15, 0.2) is 18.2 Å². The van der Waals surface area contributed by atoms with E-state index in [0.29, 0.717) is 11.7 Å². The van der Waals surface area contributed by atoms with E-state index in [-0.39, 0.29) is 5.82 Å². The predicted molar refractivity (Wildman–Crippen MR) is 54.5 cm³/mol. The molecule has 0 aliphatic rings. The molecule has 0 unspecified atom stereocenters. The topological polar surface area (TPSA) is 12.0 Å². The van der Waals surface area contributed by atoms with Crippen molar-refractivity contribution in [1.29, 1.82) is 0 Å². The normalized spacial score (nSPS) is 12.6. The number of rotatable bonds is 3. The maximum Gasteiger partial charge on any atom is 0.146 e. The summed E-state index contributed by atoms with van der Waals surface area (Å²) in [4.78, 5) is 0. The van der Waals surface area contributed by atoms with Crippen LogP contribution in [0, 0.1) is 12.7 Å². The summed E-state index contributed by atoms with van der Waals surface area (Å²) in [5, 5.41) is 3.13. The summed E-state index contributed by atoms with van der Waals surface area (Å²) in [6.45, 7) is 6.08. The Balaban J connectivity index is 2.81. The molecule has 0 saturated heterocycles. The van der Waals surface area contributed by atoms with Crippen molar-refractivity contribution in [2.24, 2.45) is 0 Å². The third-order valence-corrected chi connectivity index (χ3v) is 2.14.